The lowest BCUT2D eigenvalue weighted by Crippen LogP contribution is -2.10. The molecule has 108 valence electrons. The van der Waals surface area contributed by atoms with Gasteiger partial charge in [-0.1, -0.05) is 0 Å². The second kappa shape index (κ2) is 6.73. The number of rotatable bonds is 4. The number of hydrogen-bond acceptors (Lipinski definition) is 6. The van der Waals surface area contributed by atoms with Gasteiger partial charge in [-0.15, -0.1) is 0 Å². The Labute approximate surface area is 126 Å². The van der Waals surface area contributed by atoms with Crippen LogP contribution in [-0.2, 0) is 0 Å². The van der Waals surface area contributed by atoms with Crippen LogP contribution < -0.4 is 10.7 Å². The average molecular weight is 293 g/mol. The van der Waals surface area contributed by atoms with E-state index in [1.807, 2.05) is 0 Å². The monoisotopic (exact) mass is 293 g/mol. The molecule has 0 aliphatic carbocycles. The van der Waals surface area contributed by atoms with Crippen LogP contribution in [0.25, 0.3) is 0 Å². The van der Waals surface area contributed by atoms with E-state index in [-0.39, 0.29) is 17.4 Å². The van der Waals surface area contributed by atoms with Gasteiger partial charge in [0.15, 0.2) is 5.76 Å². The van der Waals surface area contributed by atoms with Gasteiger partial charge in [0.05, 0.1) is 5.69 Å². The van der Waals surface area contributed by atoms with Crippen molar-refractivity contribution in [3.8, 4) is 12.1 Å². The summed E-state index contributed by atoms with van der Waals surface area (Å²) in [5, 5.41) is 23.4. The molecule has 0 saturated carbocycles. The largest absolute Gasteiger partial charge is 0.456 e. The van der Waals surface area contributed by atoms with E-state index in [1.165, 1.54) is 0 Å². The lowest BCUT2D eigenvalue weighted by molar-refractivity contribution is 0.0995. The average Bonchev–Trinajstić information content (AvgIpc) is 2.96. The molecular weight excluding hydrogens is 282 g/mol. The van der Waals surface area contributed by atoms with E-state index in [1.54, 1.807) is 55.5 Å². The number of furan rings is 1. The molecule has 0 unspecified atom stereocenters. The molecule has 22 heavy (non-hydrogen) atoms. The lowest BCUT2D eigenvalue weighted by Gasteiger charge is -2.05. The number of amides is 1. The third-order valence-electron chi connectivity index (χ3n) is 2.62. The fourth-order valence-corrected chi connectivity index (χ4v) is 1.57. The Hall–Kier alpha value is -3.58. The number of hydrogen-bond donors (Lipinski definition) is 2. The maximum Gasteiger partial charge on any atom is 0.291 e. The Morgan fingerprint density at radius 2 is 1.73 bits per heavy atom. The summed E-state index contributed by atoms with van der Waals surface area (Å²) in [5.41, 5.74) is 3.46. The van der Waals surface area contributed by atoms with Crippen LogP contribution >= 0.6 is 0 Å². The highest BCUT2D eigenvalue weighted by Gasteiger charge is 2.09. The van der Waals surface area contributed by atoms with Gasteiger partial charge in [-0.3, -0.25) is 10.2 Å². The highest BCUT2D eigenvalue weighted by atomic mass is 16.3. The number of benzene rings is 1. The van der Waals surface area contributed by atoms with E-state index in [2.05, 4.69) is 15.8 Å². The number of anilines is 2. The van der Waals surface area contributed by atoms with Crippen LogP contribution in [0.5, 0.6) is 0 Å². The number of hydrazone groups is 1. The Bertz CT molecular complexity index is 775. The van der Waals surface area contributed by atoms with E-state index in [0.29, 0.717) is 17.1 Å². The van der Waals surface area contributed by atoms with Gasteiger partial charge in [0.25, 0.3) is 5.91 Å². The summed E-state index contributed by atoms with van der Waals surface area (Å²) in [7, 11) is 0. The van der Waals surface area contributed by atoms with Gasteiger partial charge in [0.2, 0.25) is 5.71 Å². The molecule has 0 aliphatic rings. The Balaban J connectivity index is 2.01. The Morgan fingerprint density at radius 1 is 1.09 bits per heavy atom. The van der Waals surface area contributed by atoms with Crippen LogP contribution in [0.2, 0.25) is 0 Å². The smallest absolute Gasteiger partial charge is 0.291 e. The van der Waals surface area contributed by atoms with Crippen LogP contribution in [0.4, 0.5) is 11.4 Å². The van der Waals surface area contributed by atoms with Gasteiger partial charge in [-0.25, -0.2) is 0 Å². The number of aryl methyl sites for hydroxylation is 1. The fourth-order valence-electron chi connectivity index (χ4n) is 1.57. The molecule has 2 rings (SSSR count). The van der Waals surface area contributed by atoms with Crippen LogP contribution in [0.1, 0.15) is 16.3 Å². The summed E-state index contributed by atoms with van der Waals surface area (Å²) >= 11 is 0. The highest BCUT2D eigenvalue weighted by Crippen LogP contribution is 2.15. The minimum Gasteiger partial charge on any atom is -0.456 e. The molecule has 2 aromatic rings. The van der Waals surface area contributed by atoms with Gasteiger partial charge in [-0.05, 0) is 43.3 Å². The normalized spacial score (nSPS) is 9.23. The summed E-state index contributed by atoms with van der Waals surface area (Å²) in [5.74, 6) is 0.549. The molecule has 0 aliphatic heterocycles. The van der Waals surface area contributed by atoms with Crippen molar-refractivity contribution in [2.75, 3.05) is 10.7 Å². The number of carbonyl (C=O) groups excluding carboxylic acids is 1. The molecule has 7 nitrogen and oxygen atoms in total. The van der Waals surface area contributed by atoms with Gasteiger partial charge >= 0.3 is 0 Å². The van der Waals surface area contributed by atoms with Crippen molar-refractivity contribution in [3.63, 3.8) is 0 Å². The zero-order chi connectivity index (χ0) is 15.9. The van der Waals surface area contributed by atoms with Gasteiger partial charge in [0.1, 0.15) is 17.9 Å². The van der Waals surface area contributed by atoms with Crippen LogP contribution in [0.3, 0.4) is 0 Å². The molecule has 1 aromatic carbocycles. The molecule has 0 atom stereocenters. The summed E-state index contributed by atoms with van der Waals surface area (Å²) in [6, 6.07) is 13.2. The number of nitriles is 2. The third-order valence-corrected chi connectivity index (χ3v) is 2.62. The maximum absolute atomic E-state index is 11.9. The predicted octanol–water partition coefficient (Wildman–Crippen LogP) is 2.66. The van der Waals surface area contributed by atoms with Crippen LogP contribution in [-0.4, -0.2) is 11.6 Å². The van der Waals surface area contributed by atoms with Crippen molar-refractivity contribution in [3.05, 3.63) is 47.9 Å². The second-order valence-electron chi connectivity index (χ2n) is 4.24. The van der Waals surface area contributed by atoms with E-state index in [0.717, 1.165) is 0 Å². The van der Waals surface area contributed by atoms with Crippen molar-refractivity contribution in [1.82, 2.24) is 0 Å². The zero-order valence-corrected chi connectivity index (χ0v) is 11.6. The Kier molecular flexibility index (Phi) is 4.53. The highest BCUT2D eigenvalue weighted by molar-refractivity contribution is 6.10. The number of nitrogens with one attached hydrogen (secondary N) is 2. The van der Waals surface area contributed by atoms with E-state index < -0.39 is 0 Å². The molecular formula is C15H11N5O2. The number of nitrogens with zero attached hydrogens (tertiary/aromatic N) is 3. The third kappa shape index (κ3) is 3.71. The first-order valence-electron chi connectivity index (χ1n) is 6.24. The van der Waals surface area contributed by atoms with Gasteiger partial charge in [-0.2, -0.15) is 15.6 Å². The minimum atomic E-state index is -0.344. The standard InChI is InChI=1S/C15H11N5O2/c1-10-2-7-14(22-10)15(21)18-11-3-5-12(6-4-11)19-20-13(8-16)9-17/h2-7,19H,1H3,(H,18,21). The molecule has 0 spiro atoms. The molecule has 0 saturated heterocycles. The van der Waals surface area contributed by atoms with E-state index in [9.17, 15) is 4.79 Å². The first kappa shape index (κ1) is 14.8. The first-order chi connectivity index (χ1) is 10.6. The summed E-state index contributed by atoms with van der Waals surface area (Å²) < 4.78 is 5.23. The van der Waals surface area contributed by atoms with Crippen molar-refractivity contribution in [2.45, 2.75) is 6.92 Å². The minimum absolute atomic E-state index is 0.233. The van der Waals surface area contributed by atoms with Crippen LogP contribution in [0, 0.1) is 29.6 Å². The lowest BCUT2D eigenvalue weighted by atomic mass is 10.3. The molecule has 7 heteroatoms. The SMILES string of the molecule is Cc1ccc(C(=O)Nc2ccc(NN=C(C#N)C#N)cc2)o1. The molecule has 0 fully saturated rings. The zero-order valence-electron chi connectivity index (χ0n) is 11.6. The van der Waals surface area contributed by atoms with Crippen molar-refractivity contribution in [2.24, 2.45) is 5.10 Å². The summed E-state index contributed by atoms with van der Waals surface area (Å²) in [6.07, 6.45) is 0. The van der Waals surface area contributed by atoms with Crippen LogP contribution in [0.15, 0.2) is 45.9 Å². The maximum atomic E-state index is 11.9. The van der Waals surface area contributed by atoms with Crippen molar-refractivity contribution in [1.29, 1.82) is 10.5 Å². The Morgan fingerprint density at radius 3 is 2.27 bits per heavy atom. The topological polar surface area (TPSA) is 114 Å². The molecule has 2 N–H and O–H groups in total. The van der Waals surface area contributed by atoms with E-state index >= 15 is 0 Å². The summed E-state index contributed by atoms with van der Waals surface area (Å²) in [6.45, 7) is 1.76. The molecule has 1 amide bonds. The molecule has 1 aromatic heterocycles. The molecule has 0 radical (unpaired) electrons. The van der Waals surface area contributed by atoms with Crippen molar-refractivity contribution < 1.29 is 9.21 Å². The number of carbonyl (C=O) groups is 1. The quantitative estimate of drug-likeness (QED) is 0.664. The molecule has 1 heterocycles. The summed E-state index contributed by atoms with van der Waals surface area (Å²) in [4.78, 5) is 11.9. The van der Waals surface area contributed by atoms with Gasteiger partial charge in [0, 0.05) is 5.69 Å². The fraction of sp³-hybridized carbons (Fsp3) is 0.0667. The predicted molar refractivity (Wildman–Crippen MR) is 80.1 cm³/mol. The van der Waals surface area contributed by atoms with Gasteiger partial charge < -0.3 is 9.73 Å². The molecule has 0 bridgehead atoms. The first-order valence-corrected chi connectivity index (χ1v) is 6.24. The van der Waals surface area contributed by atoms with E-state index in [4.69, 9.17) is 14.9 Å². The second-order valence-corrected chi connectivity index (χ2v) is 4.24. The van der Waals surface area contributed by atoms with Crippen molar-refractivity contribution >= 4 is 23.0 Å².